The Kier molecular flexibility index (Phi) is 1.42. The van der Waals surface area contributed by atoms with Crippen LogP contribution < -0.4 is 9.80 Å². The third kappa shape index (κ3) is 0.800. The van der Waals surface area contributed by atoms with Crippen molar-refractivity contribution in [2.75, 3.05) is 16.5 Å². The minimum atomic E-state index is 0.112. The van der Waals surface area contributed by atoms with E-state index in [1.807, 2.05) is 6.07 Å². The number of aryl methyl sites for hydroxylation is 1. The van der Waals surface area contributed by atoms with Crippen LogP contribution >= 0.6 is 0 Å². The maximum atomic E-state index is 9.25. The van der Waals surface area contributed by atoms with Crippen LogP contribution in [0.15, 0.2) is 24.5 Å². The zero-order valence-corrected chi connectivity index (χ0v) is 8.07. The Labute approximate surface area is 82.9 Å². The summed E-state index contributed by atoms with van der Waals surface area (Å²) in [5, 5.41) is 9.25. The number of anilines is 2. The van der Waals surface area contributed by atoms with Crippen LogP contribution in [-0.4, -0.2) is 11.8 Å². The Balaban J connectivity index is 2.27. The molecule has 2 heterocycles. The number of aliphatic hydroxyl groups excluding tert-OH is 1. The summed E-state index contributed by atoms with van der Waals surface area (Å²) < 4.78 is 0. The van der Waals surface area contributed by atoms with Crippen LogP contribution in [0.3, 0.4) is 0 Å². The van der Waals surface area contributed by atoms with Crippen LogP contribution in [0.25, 0.3) is 0 Å². The van der Waals surface area contributed by atoms with E-state index < -0.39 is 0 Å². The van der Waals surface area contributed by atoms with Gasteiger partial charge in [0, 0.05) is 18.0 Å². The van der Waals surface area contributed by atoms with Crippen molar-refractivity contribution in [1.29, 1.82) is 0 Å². The molecule has 0 aromatic heterocycles. The van der Waals surface area contributed by atoms with E-state index in [1.165, 1.54) is 16.9 Å². The molecule has 72 valence electrons. The normalized spacial score (nSPS) is 16.7. The Hall–Kier alpha value is -1.48. The summed E-state index contributed by atoms with van der Waals surface area (Å²) in [4.78, 5) is 4.39. The van der Waals surface area contributed by atoms with Gasteiger partial charge in [-0.25, -0.2) is 0 Å². The molecular formula is C11H12N2O. The molecule has 3 nitrogen and oxygen atoms in total. The lowest BCUT2D eigenvalue weighted by Crippen LogP contribution is -2.14. The lowest BCUT2D eigenvalue weighted by atomic mass is 10.1. The van der Waals surface area contributed by atoms with Crippen LogP contribution in [0.5, 0.6) is 0 Å². The van der Waals surface area contributed by atoms with Gasteiger partial charge in [-0.15, -0.1) is 0 Å². The van der Waals surface area contributed by atoms with Crippen molar-refractivity contribution >= 4 is 11.4 Å². The van der Waals surface area contributed by atoms with Gasteiger partial charge in [0.15, 0.2) is 0 Å². The van der Waals surface area contributed by atoms with Gasteiger partial charge in [0.25, 0.3) is 0 Å². The molecule has 0 radical (unpaired) electrons. The summed E-state index contributed by atoms with van der Waals surface area (Å²) in [6.07, 6.45) is 4.14. The fraction of sp³-hybridized carbons (Fsp3) is 0.273. The van der Waals surface area contributed by atoms with Gasteiger partial charge < -0.3 is 14.9 Å². The molecule has 0 unspecified atom stereocenters. The molecule has 0 amide bonds. The molecule has 1 aromatic rings. The Morgan fingerprint density at radius 1 is 1.21 bits per heavy atom. The van der Waals surface area contributed by atoms with Gasteiger partial charge in [-0.05, 0) is 12.5 Å². The molecule has 1 N–H and O–H groups in total. The molecule has 3 rings (SSSR count). The molecule has 0 spiro atoms. The Bertz CT molecular complexity index is 426. The van der Waals surface area contributed by atoms with E-state index in [-0.39, 0.29) is 6.61 Å². The minimum Gasteiger partial charge on any atom is -0.392 e. The standard InChI is InChI=1S/C11H12N2O/c1-8-2-3-9(6-14)11-10(8)12-4-5-13(11)7-12/h2-5,14H,6-7H2,1H3. The molecule has 0 aliphatic carbocycles. The average Bonchev–Trinajstić information content (AvgIpc) is 2.79. The number of aliphatic hydroxyl groups is 1. The molecule has 2 bridgehead atoms. The molecule has 2 aliphatic heterocycles. The smallest absolute Gasteiger partial charge is 0.0991 e. The lowest BCUT2D eigenvalue weighted by Gasteiger charge is -2.18. The number of nitrogens with zero attached hydrogens (tertiary/aromatic N) is 2. The van der Waals surface area contributed by atoms with E-state index in [2.05, 4.69) is 35.2 Å². The highest BCUT2D eigenvalue weighted by Gasteiger charge is 2.31. The van der Waals surface area contributed by atoms with E-state index in [0.717, 1.165) is 12.2 Å². The van der Waals surface area contributed by atoms with Crippen LogP contribution in [0.2, 0.25) is 0 Å². The molecule has 1 aromatic carbocycles. The number of hydrogen-bond donors (Lipinski definition) is 1. The van der Waals surface area contributed by atoms with Gasteiger partial charge in [0.2, 0.25) is 0 Å². The van der Waals surface area contributed by atoms with Gasteiger partial charge in [0.1, 0.15) is 0 Å². The number of hydrogen-bond acceptors (Lipinski definition) is 3. The molecular weight excluding hydrogens is 176 g/mol. The molecule has 14 heavy (non-hydrogen) atoms. The first kappa shape index (κ1) is 7.88. The molecule has 3 heteroatoms. The van der Waals surface area contributed by atoms with E-state index >= 15 is 0 Å². The van der Waals surface area contributed by atoms with E-state index in [9.17, 15) is 5.11 Å². The summed E-state index contributed by atoms with van der Waals surface area (Å²) >= 11 is 0. The third-order valence-corrected chi connectivity index (χ3v) is 2.91. The first-order chi connectivity index (χ1) is 6.81. The SMILES string of the molecule is Cc1ccc(CO)c2c1N1C=CN2C1. The summed E-state index contributed by atoms with van der Waals surface area (Å²) in [7, 11) is 0. The largest absolute Gasteiger partial charge is 0.392 e. The maximum Gasteiger partial charge on any atom is 0.0991 e. The van der Waals surface area contributed by atoms with E-state index in [1.54, 1.807) is 0 Å². The Morgan fingerprint density at radius 2 is 1.93 bits per heavy atom. The molecule has 0 saturated carbocycles. The molecule has 0 fully saturated rings. The van der Waals surface area contributed by atoms with Crippen molar-refractivity contribution in [1.82, 2.24) is 0 Å². The van der Waals surface area contributed by atoms with Crippen LogP contribution in [0, 0.1) is 6.92 Å². The second kappa shape index (κ2) is 2.51. The summed E-state index contributed by atoms with van der Waals surface area (Å²) in [5.41, 5.74) is 4.70. The topological polar surface area (TPSA) is 26.7 Å². The van der Waals surface area contributed by atoms with Gasteiger partial charge in [-0.3, -0.25) is 0 Å². The fourth-order valence-corrected chi connectivity index (χ4v) is 2.24. The highest BCUT2D eigenvalue weighted by Crippen LogP contribution is 2.44. The molecule has 0 atom stereocenters. The lowest BCUT2D eigenvalue weighted by molar-refractivity contribution is 0.282. The van der Waals surface area contributed by atoms with Crippen molar-refractivity contribution in [2.24, 2.45) is 0 Å². The maximum absolute atomic E-state index is 9.25. The number of benzene rings is 1. The zero-order chi connectivity index (χ0) is 9.71. The van der Waals surface area contributed by atoms with Gasteiger partial charge in [0.05, 0.1) is 24.7 Å². The summed E-state index contributed by atoms with van der Waals surface area (Å²) in [5.74, 6) is 0. The first-order valence-corrected chi connectivity index (χ1v) is 4.76. The average molecular weight is 188 g/mol. The van der Waals surface area contributed by atoms with Crippen molar-refractivity contribution < 1.29 is 5.11 Å². The number of rotatable bonds is 1. The van der Waals surface area contributed by atoms with Gasteiger partial charge in [-0.2, -0.15) is 0 Å². The Morgan fingerprint density at radius 3 is 2.64 bits per heavy atom. The zero-order valence-electron chi connectivity index (χ0n) is 8.07. The van der Waals surface area contributed by atoms with Crippen LogP contribution in [0.1, 0.15) is 11.1 Å². The molecule has 0 saturated heterocycles. The number of fused-ring (bicyclic) bond motifs is 5. The highest BCUT2D eigenvalue weighted by molar-refractivity contribution is 5.86. The summed E-state index contributed by atoms with van der Waals surface area (Å²) in [6.45, 7) is 3.11. The third-order valence-electron chi connectivity index (χ3n) is 2.91. The quantitative estimate of drug-likeness (QED) is 0.724. The van der Waals surface area contributed by atoms with Crippen molar-refractivity contribution in [3.05, 3.63) is 35.7 Å². The predicted molar refractivity (Wildman–Crippen MR) is 56.1 cm³/mol. The first-order valence-electron chi connectivity index (χ1n) is 4.76. The second-order valence-electron chi connectivity index (χ2n) is 3.78. The monoisotopic (exact) mass is 188 g/mol. The van der Waals surface area contributed by atoms with Gasteiger partial charge >= 0.3 is 0 Å². The van der Waals surface area contributed by atoms with E-state index in [4.69, 9.17) is 0 Å². The van der Waals surface area contributed by atoms with Crippen LogP contribution in [0.4, 0.5) is 11.4 Å². The predicted octanol–water partition coefficient (Wildman–Crippen LogP) is 1.56. The van der Waals surface area contributed by atoms with Crippen molar-refractivity contribution in [3.8, 4) is 0 Å². The highest BCUT2D eigenvalue weighted by atomic mass is 16.3. The van der Waals surface area contributed by atoms with Crippen molar-refractivity contribution in [2.45, 2.75) is 13.5 Å². The van der Waals surface area contributed by atoms with Gasteiger partial charge in [-0.1, -0.05) is 12.1 Å². The second-order valence-corrected chi connectivity index (χ2v) is 3.78. The van der Waals surface area contributed by atoms with Crippen LogP contribution in [-0.2, 0) is 6.61 Å². The summed E-state index contributed by atoms with van der Waals surface area (Å²) in [6, 6.07) is 4.07. The minimum absolute atomic E-state index is 0.112. The van der Waals surface area contributed by atoms with E-state index in [0.29, 0.717) is 0 Å². The molecule has 2 aliphatic rings. The van der Waals surface area contributed by atoms with Crippen molar-refractivity contribution in [3.63, 3.8) is 0 Å². The fourth-order valence-electron chi connectivity index (χ4n) is 2.24.